The predicted molar refractivity (Wildman–Crippen MR) is 270 cm³/mol. The molecule has 1 atom stereocenters. The molecule has 12 aromatic rings. The zero-order valence-corrected chi connectivity index (χ0v) is 35.7. The number of rotatable bonds is 6. The fraction of sp³-hybridized carbons (Fsp3) is 0.0500. The van der Waals surface area contributed by atoms with Crippen LogP contribution >= 0.6 is 0 Å². The second-order valence-electron chi connectivity index (χ2n) is 17.3. The fourth-order valence-electron chi connectivity index (χ4n) is 10.3. The highest BCUT2D eigenvalue weighted by molar-refractivity contribution is 6.13. The molecule has 0 radical (unpaired) electrons. The normalized spacial score (nSPS) is 13.6. The summed E-state index contributed by atoms with van der Waals surface area (Å²) in [6.45, 7) is 2.32. The first-order valence-corrected chi connectivity index (χ1v) is 22.4. The molecule has 0 saturated carbocycles. The van der Waals surface area contributed by atoms with Crippen LogP contribution < -0.4 is 0 Å². The highest BCUT2D eigenvalue weighted by atomic mass is 15.0. The van der Waals surface area contributed by atoms with E-state index in [1.807, 2.05) is 36.4 Å². The lowest BCUT2D eigenvalue weighted by Crippen LogP contribution is -2.05. The van der Waals surface area contributed by atoms with Crippen LogP contribution in [0, 0.1) is 5.92 Å². The van der Waals surface area contributed by atoms with Gasteiger partial charge >= 0.3 is 0 Å². The minimum absolute atomic E-state index is 0.473. The van der Waals surface area contributed by atoms with Crippen molar-refractivity contribution >= 4 is 60.3 Å². The van der Waals surface area contributed by atoms with Crippen molar-refractivity contribution in [2.45, 2.75) is 13.3 Å². The molecular weight excluding hydrogens is 791 g/mol. The summed E-state index contributed by atoms with van der Waals surface area (Å²) in [5, 5.41) is 8.46. The van der Waals surface area contributed by atoms with Crippen molar-refractivity contribution in [2.75, 3.05) is 0 Å². The molecule has 65 heavy (non-hydrogen) atoms. The van der Waals surface area contributed by atoms with Crippen LogP contribution in [-0.4, -0.2) is 24.1 Å². The Morgan fingerprint density at radius 1 is 0.400 bits per heavy atom. The largest absolute Gasteiger partial charge is 0.309 e. The molecule has 0 spiro atoms. The number of aromatic nitrogens is 5. The molecule has 0 aliphatic heterocycles. The Kier molecular flexibility index (Phi) is 8.50. The van der Waals surface area contributed by atoms with Crippen molar-refractivity contribution in [3.05, 3.63) is 218 Å². The van der Waals surface area contributed by atoms with E-state index in [0.717, 1.165) is 50.6 Å². The lowest BCUT2D eigenvalue weighted by Gasteiger charge is -2.16. The van der Waals surface area contributed by atoms with Crippen molar-refractivity contribution in [1.82, 2.24) is 24.1 Å². The molecule has 5 nitrogen and oxygen atoms in total. The first-order valence-electron chi connectivity index (χ1n) is 22.4. The molecule has 1 unspecified atom stereocenters. The summed E-state index contributed by atoms with van der Waals surface area (Å²) in [6.07, 6.45) is 5.72. The Hall–Kier alpha value is -8.41. The van der Waals surface area contributed by atoms with Gasteiger partial charge in [-0.2, -0.15) is 0 Å². The number of hydrogen-bond donors (Lipinski definition) is 0. The van der Waals surface area contributed by atoms with Gasteiger partial charge in [0.05, 0.1) is 27.9 Å². The van der Waals surface area contributed by atoms with Gasteiger partial charge in [-0.15, -0.1) is 0 Å². The third-order valence-corrected chi connectivity index (χ3v) is 13.3. The molecule has 0 fully saturated rings. The molecule has 0 saturated heterocycles. The summed E-state index contributed by atoms with van der Waals surface area (Å²) in [5.41, 5.74) is 13.9. The van der Waals surface area contributed by atoms with E-state index in [-0.39, 0.29) is 0 Å². The first kappa shape index (κ1) is 37.2. The van der Waals surface area contributed by atoms with Crippen LogP contribution in [0.5, 0.6) is 0 Å². The van der Waals surface area contributed by atoms with Crippen LogP contribution in [0.4, 0.5) is 0 Å². The third kappa shape index (κ3) is 6.04. The topological polar surface area (TPSA) is 48.5 Å². The SMILES string of the molecule is CC1C=Cc2c(c3cc(-c4ccc5c(c4)c4ccccc4n5-c4ccc(-c5nc(-c6ccccc6)nc(-c6ccccc6)n5)c5ccccc45)ccc3n2-c2cccc3ccccc23)C1. The van der Waals surface area contributed by atoms with Crippen LogP contribution in [0.3, 0.4) is 0 Å². The molecule has 5 heteroatoms. The molecular formula is C60H41N5. The van der Waals surface area contributed by atoms with Crippen LogP contribution in [0.2, 0.25) is 0 Å². The molecule has 1 aliphatic carbocycles. The molecule has 1 aliphatic rings. The van der Waals surface area contributed by atoms with Crippen LogP contribution in [0.25, 0.3) is 117 Å². The molecule has 13 rings (SSSR count). The summed E-state index contributed by atoms with van der Waals surface area (Å²) in [4.78, 5) is 15.2. The van der Waals surface area contributed by atoms with Crippen LogP contribution in [0.15, 0.2) is 206 Å². The molecule has 306 valence electrons. The second-order valence-corrected chi connectivity index (χ2v) is 17.3. The quantitative estimate of drug-likeness (QED) is 0.168. The maximum atomic E-state index is 5.12. The van der Waals surface area contributed by atoms with Crippen molar-refractivity contribution in [2.24, 2.45) is 5.92 Å². The Morgan fingerprint density at radius 2 is 0.954 bits per heavy atom. The molecule has 0 bridgehead atoms. The van der Waals surface area contributed by atoms with E-state index < -0.39 is 0 Å². The second kappa shape index (κ2) is 14.9. The van der Waals surface area contributed by atoms with E-state index in [1.54, 1.807) is 0 Å². The summed E-state index contributed by atoms with van der Waals surface area (Å²) in [6, 6.07) is 71.6. The van der Waals surface area contributed by atoms with E-state index in [4.69, 9.17) is 15.0 Å². The van der Waals surface area contributed by atoms with Gasteiger partial charge in [0, 0.05) is 49.3 Å². The smallest absolute Gasteiger partial charge is 0.164 e. The average Bonchev–Trinajstić information content (AvgIpc) is 3.87. The van der Waals surface area contributed by atoms with Crippen LogP contribution in [-0.2, 0) is 6.42 Å². The van der Waals surface area contributed by atoms with E-state index >= 15 is 0 Å². The Bertz CT molecular complexity index is 3810. The Labute approximate surface area is 376 Å². The monoisotopic (exact) mass is 831 g/mol. The predicted octanol–water partition coefficient (Wildman–Crippen LogP) is 15.1. The van der Waals surface area contributed by atoms with Gasteiger partial charge < -0.3 is 9.13 Å². The maximum absolute atomic E-state index is 5.12. The van der Waals surface area contributed by atoms with Crippen LogP contribution in [0.1, 0.15) is 18.2 Å². The molecule has 3 aromatic heterocycles. The Morgan fingerprint density at radius 3 is 1.69 bits per heavy atom. The van der Waals surface area contributed by atoms with Gasteiger partial charge in [0.1, 0.15) is 0 Å². The van der Waals surface area contributed by atoms with Gasteiger partial charge in [-0.05, 0) is 94.4 Å². The minimum atomic E-state index is 0.473. The highest BCUT2D eigenvalue weighted by Crippen LogP contribution is 2.42. The number of hydrogen-bond acceptors (Lipinski definition) is 3. The van der Waals surface area contributed by atoms with Crippen molar-refractivity contribution < 1.29 is 0 Å². The van der Waals surface area contributed by atoms with E-state index in [9.17, 15) is 0 Å². The highest BCUT2D eigenvalue weighted by Gasteiger charge is 2.24. The van der Waals surface area contributed by atoms with Gasteiger partial charge in [-0.25, -0.2) is 15.0 Å². The van der Waals surface area contributed by atoms with Gasteiger partial charge in [0.2, 0.25) is 0 Å². The number of fused-ring (bicyclic) bond motifs is 8. The third-order valence-electron chi connectivity index (χ3n) is 13.3. The molecule has 0 amide bonds. The van der Waals surface area contributed by atoms with Crippen molar-refractivity contribution in [3.8, 4) is 56.7 Å². The fourth-order valence-corrected chi connectivity index (χ4v) is 10.3. The zero-order valence-electron chi connectivity index (χ0n) is 35.7. The number of allylic oxidation sites excluding steroid dienone is 1. The van der Waals surface area contributed by atoms with Gasteiger partial charge in [0.25, 0.3) is 0 Å². The lowest BCUT2D eigenvalue weighted by atomic mass is 9.92. The van der Waals surface area contributed by atoms with Crippen molar-refractivity contribution in [3.63, 3.8) is 0 Å². The molecule has 9 aromatic carbocycles. The van der Waals surface area contributed by atoms with Crippen molar-refractivity contribution in [1.29, 1.82) is 0 Å². The summed E-state index contributed by atoms with van der Waals surface area (Å²) < 4.78 is 4.91. The number of para-hydroxylation sites is 1. The van der Waals surface area contributed by atoms with E-state index in [2.05, 4.69) is 192 Å². The first-order chi connectivity index (χ1) is 32.1. The summed E-state index contributed by atoms with van der Waals surface area (Å²) in [7, 11) is 0. The molecule has 3 heterocycles. The molecule has 0 N–H and O–H groups in total. The zero-order chi connectivity index (χ0) is 43.0. The lowest BCUT2D eigenvalue weighted by molar-refractivity contribution is 0.718. The van der Waals surface area contributed by atoms with Gasteiger partial charge in [0.15, 0.2) is 17.5 Å². The maximum Gasteiger partial charge on any atom is 0.164 e. The standard InChI is InChI=1S/C60H41N5/c1-38-27-31-55-49(35-38)51-37-43(29-33-57(51)64(55)52-26-14-20-39-15-8-9-21-44(39)52)42-28-32-56-50(36-42)47-24-12-13-25-53(47)65(56)54-34-30-48(45-22-10-11-23-46(45)54)60-62-58(40-16-4-2-5-17-40)61-59(63-60)41-18-6-3-7-19-41/h2-34,36-38H,35H2,1H3. The minimum Gasteiger partial charge on any atom is -0.309 e. The number of benzene rings is 9. The van der Waals surface area contributed by atoms with E-state index in [0.29, 0.717) is 23.4 Å². The Balaban J connectivity index is 0.964. The van der Waals surface area contributed by atoms with E-state index in [1.165, 1.54) is 60.5 Å². The summed E-state index contributed by atoms with van der Waals surface area (Å²) in [5.74, 6) is 2.41. The average molecular weight is 832 g/mol. The number of nitrogens with zero attached hydrogens (tertiary/aromatic N) is 5. The summed E-state index contributed by atoms with van der Waals surface area (Å²) >= 11 is 0. The van der Waals surface area contributed by atoms with Gasteiger partial charge in [-0.3, -0.25) is 0 Å². The van der Waals surface area contributed by atoms with Gasteiger partial charge in [-0.1, -0.05) is 165 Å².